The van der Waals surface area contributed by atoms with E-state index in [2.05, 4.69) is 30.3 Å². The fourth-order valence-corrected chi connectivity index (χ4v) is 2.34. The van der Waals surface area contributed by atoms with Crippen molar-refractivity contribution in [1.82, 2.24) is 9.78 Å². The molecule has 0 saturated carbocycles. The zero-order chi connectivity index (χ0) is 15.4. The van der Waals surface area contributed by atoms with E-state index in [4.69, 9.17) is 4.74 Å². The first-order valence-corrected chi connectivity index (χ1v) is 6.90. The summed E-state index contributed by atoms with van der Waals surface area (Å²) in [5, 5.41) is 17.0. The summed E-state index contributed by atoms with van der Waals surface area (Å²) in [4.78, 5) is 0. The molecule has 5 nitrogen and oxygen atoms in total. The Labute approximate surface area is 125 Å². The van der Waals surface area contributed by atoms with Crippen LogP contribution < -0.4 is 10.1 Å². The van der Waals surface area contributed by atoms with Crippen molar-refractivity contribution in [2.75, 3.05) is 12.4 Å². The quantitative estimate of drug-likeness (QED) is 0.916. The average molecular weight is 284 g/mol. The molecular formula is C16H20N4O. The number of rotatable bonds is 5. The van der Waals surface area contributed by atoms with Crippen molar-refractivity contribution in [2.45, 2.75) is 26.3 Å². The summed E-state index contributed by atoms with van der Waals surface area (Å²) in [7, 11) is 3.52. The van der Waals surface area contributed by atoms with Crippen LogP contribution in [-0.4, -0.2) is 16.9 Å². The Bertz CT molecular complexity index is 667. The highest BCUT2D eigenvalue weighted by Gasteiger charge is 2.13. The van der Waals surface area contributed by atoms with Gasteiger partial charge >= 0.3 is 0 Å². The molecule has 2 aromatic rings. The SMILES string of the molecule is COc1cccc(C#N)c1NCc1cn(C)nc1C(C)C. The molecule has 0 unspecified atom stereocenters. The summed E-state index contributed by atoms with van der Waals surface area (Å²) in [6.45, 7) is 4.85. The number of nitriles is 1. The Kier molecular flexibility index (Phi) is 4.49. The Morgan fingerprint density at radius 2 is 2.19 bits per heavy atom. The largest absolute Gasteiger partial charge is 0.495 e. The molecule has 1 aromatic carbocycles. The first kappa shape index (κ1) is 14.9. The van der Waals surface area contributed by atoms with E-state index in [-0.39, 0.29) is 0 Å². The van der Waals surface area contributed by atoms with Crippen molar-refractivity contribution in [3.63, 3.8) is 0 Å². The first-order chi connectivity index (χ1) is 10.1. The van der Waals surface area contributed by atoms with E-state index in [9.17, 15) is 5.26 Å². The molecule has 5 heteroatoms. The molecule has 2 rings (SSSR count). The lowest BCUT2D eigenvalue weighted by atomic mass is 10.1. The number of hydrogen-bond acceptors (Lipinski definition) is 4. The van der Waals surface area contributed by atoms with Crippen molar-refractivity contribution in [1.29, 1.82) is 5.26 Å². The van der Waals surface area contributed by atoms with Gasteiger partial charge in [0, 0.05) is 25.4 Å². The van der Waals surface area contributed by atoms with Gasteiger partial charge in [-0.15, -0.1) is 0 Å². The number of aryl methyl sites for hydroxylation is 1. The predicted molar refractivity (Wildman–Crippen MR) is 82.3 cm³/mol. The highest BCUT2D eigenvalue weighted by atomic mass is 16.5. The summed E-state index contributed by atoms with van der Waals surface area (Å²) < 4.78 is 7.14. The lowest BCUT2D eigenvalue weighted by Crippen LogP contribution is -2.05. The third kappa shape index (κ3) is 3.16. The van der Waals surface area contributed by atoms with Gasteiger partial charge in [0.1, 0.15) is 11.8 Å². The molecule has 0 radical (unpaired) electrons. The highest BCUT2D eigenvalue weighted by molar-refractivity contribution is 5.66. The van der Waals surface area contributed by atoms with Crippen molar-refractivity contribution >= 4 is 5.69 Å². The topological polar surface area (TPSA) is 62.9 Å². The molecule has 0 aliphatic rings. The van der Waals surface area contributed by atoms with Crippen molar-refractivity contribution in [3.8, 4) is 11.8 Å². The molecule has 1 aromatic heterocycles. The Balaban J connectivity index is 2.27. The van der Waals surface area contributed by atoms with Gasteiger partial charge < -0.3 is 10.1 Å². The first-order valence-electron chi connectivity index (χ1n) is 6.90. The Hall–Kier alpha value is -2.48. The second-order valence-corrected chi connectivity index (χ2v) is 5.22. The molecule has 0 bridgehead atoms. The molecule has 0 aliphatic heterocycles. The van der Waals surface area contributed by atoms with Gasteiger partial charge in [0.2, 0.25) is 0 Å². The Morgan fingerprint density at radius 1 is 1.43 bits per heavy atom. The van der Waals surface area contributed by atoms with Gasteiger partial charge in [0.25, 0.3) is 0 Å². The van der Waals surface area contributed by atoms with E-state index in [1.165, 1.54) is 0 Å². The minimum absolute atomic E-state index is 0.358. The molecule has 0 aliphatic carbocycles. The van der Waals surface area contributed by atoms with Gasteiger partial charge in [-0.25, -0.2) is 0 Å². The molecule has 21 heavy (non-hydrogen) atoms. The fraction of sp³-hybridized carbons (Fsp3) is 0.375. The second kappa shape index (κ2) is 6.31. The zero-order valence-corrected chi connectivity index (χ0v) is 12.8. The van der Waals surface area contributed by atoms with E-state index in [1.54, 1.807) is 13.2 Å². The van der Waals surface area contributed by atoms with Crippen LogP contribution in [0.5, 0.6) is 5.75 Å². The van der Waals surface area contributed by atoms with Gasteiger partial charge in [-0.3, -0.25) is 4.68 Å². The molecule has 110 valence electrons. The highest BCUT2D eigenvalue weighted by Crippen LogP contribution is 2.29. The smallest absolute Gasteiger partial charge is 0.143 e. The van der Waals surface area contributed by atoms with Crippen molar-refractivity contribution in [3.05, 3.63) is 41.2 Å². The fourth-order valence-electron chi connectivity index (χ4n) is 2.34. The molecule has 0 saturated heterocycles. The molecule has 0 fully saturated rings. The number of methoxy groups -OCH3 is 1. The van der Waals surface area contributed by atoms with Crippen LogP contribution in [0.15, 0.2) is 24.4 Å². The number of ether oxygens (including phenoxy) is 1. The monoisotopic (exact) mass is 284 g/mol. The van der Waals surface area contributed by atoms with Gasteiger partial charge in [0.05, 0.1) is 24.1 Å². The maximum Gasteiger partial charge on any atom is 0.143 e. The van der Waals surface area contributed by atoms with Gasteiger partial charge in [-0.1, -0.05) is 19.9 Å². The number of benzene rings is 1. The summed E-state index contributed by atoms with van der Waals surface area (Å²) in [5.74, 6) is 1.03. The van der Waals surface area contributed by atoms with E-state index < -0.39 is 0 Å². The van der Waals surface area contributed by atoms with Crippen LogP contribution in [0.3, 0.4) is 0 Å². The van der Waals surface area contributed by atoms with Crippen LogP contribution in [0.25, 0.3) is 0 Å². The number of nitrogens with zero attached hydrogens (tertiary/aromatic N) is 3. The van der Waals surface area contributed by atoms with Gasteiger partial charge in [-0.2, -0.15) is 10.4 Å². The van der Waals surface area contributed by atoms with E-state index in [0.717, 1.165) is 16.9 Å². The van der Waals surface area contributed by atoms with Crippen LogP contribution >= 0.6 is 0 Å². The number of para-hydroxylation sites is 1. The Morgan fingerprint density at radius 3 is 2.81 bits per heavy atom. The maximum absolute atomic E-state index is 9.22. The summed E-state index contributed by atoms with van der Waals surface area (Å²) >= 11 is 0. The van der Waals surface area contributed by atoms with Crippen LogP contribution in [0.2, 0.25) is 0 Å². The number of aromatic nitrogens is 2. The molecular weight excluding hydrogens is 264 g/mol. The summed E-state index contributed by atoms with van der Waals surface area (Å²) in [6, 6.07) is 7.62. The zero-order valence-electron chi connectivity index (χ0n) is 12.8. The standard InChI is InChI=1S/C16H20N4O/c1-11(2)15-13(10-20(3)19-15)9-18-16-12(8-17)6-5-7-14(16)21-4/h5-7,10-11,18H,9H2,1-4H3. The van der Waals surface area contributed by atoms with E-state index in [0.29, 0.717) is 23.8 Å². The normalized spacial score (nSPS) is 10.5. The lowest BCUT2D eigenvalue weighted by Gasteiger charge is -2.13. The molecule has 0 amide bonds. The van der Waals surface area contributed by atoms with Crippen LogP contribution in [0.4, 0.5) is 5.69 Å². The average Bonchev–Trinajstić information content (AvgIpc) is 2.85. The molecule has 1 N–H and O–H groups in total. The van der Waals surface area contributed by atoms with Crippen molar-refractivity contribution < 1.29 is 4.74 Å². The van der Waals surface area contributed by atoms with Crippen molar-refractivity contribution in [2.24, 2.45) is 7.05 Å². The number of nitrogens with one attached hydrogen (secondary N) is 1. The third-order valence-electron chi connectivity index (χ3n) is 3.31. The van der Waals surface area contributed by atoms with Gasteiger partial charge in [-0.05, 0) is 18.1 Å². The van der Waals surface area contributed by atoms with E-state index >= 15 is 0 Å². The predicted octanol–water partition coefficient (Wildman–Crippen LogP) is 3.04. The minimum Gasteiger partial charge on any atom is -0.495 e. The summed E-state index contributed by atoms with van der Waals surface area (Å²) in [6.07, 6.45) is 2.00. The lowest BCUT2D eigenvalue weighted by molar-refractivity contribution is 0.416. The van der Waals surface area contributed by atoms with Crippen LogP contribution in [-0.2, 0) is 13.6 Å². The number of anilines is 1. The second-order valence-electron chi connectivity index (χ2n) is 5.22. The van der Waals surface area contributed by atoms with Crippen LogP contribution in [0.1, 0.15) is 36.6 Å². The number of hydrogen-bond donors (Lipinski definition) is 1. The van der Waals surface area contributed by atoms with E-state index in [1.807, 2.05) is 30.1 Å². The molecule has 0 atom stereocenters. The molecule has 0 spiro atoms. The summed E-state index contributed by atoms with van der Waals surface area (Å²) in [5.41, 5.74) is 3.49. The minimum atomic E-state index is 0.358. The third-order valence-corrected chi connectivity index (χ3v) is 3.31. The molecule has 1 heterocycles. The van der Waals surface area contributed by atoms with Crippen LogP contribution in [0, 0.1) is 11.3 Å². The van der Waals surface area contributed by atoms with Gasteiger partial charge in [0.15, 0.2) is 0 Å². The maximum atomic E-state index is 9.22.